The molecule has 0 aliphatic heterocycles. The van der Waals surface area contributed by atoms with E-state index in [1.54, 1.807) is 6.20 Å². The van der Waals surface area contributed by atoms with Crippen LogP contribution in [0.4, 0.5) is 0 Å². The fourth-order valence-corrected chi connectivity index (χ4v) is 3.61. The maximum Gasteiger partial charge on any atom is 0.124 e. The van der Waals surface area contributed by atoms with Crippen molar-refractivity contribution in [1.82, 2.24) is 10.2 Å². The molecule has 1 aliphatic carbocycles. The fraction of sp³-hybridized carbons (Fsp3) is 0.731. The maximum atomic E-state index is 5.91. The van der Waals surface area contributed by atoms with Crippen molar-refractivity contribution in [3.05, 3.63) is 36.3 Å². The Morgan fingerprint density at radius 2 is 1.94 bits per heavy atom. The summed E-state index contributed by atoms with van der Waals surface area (Å²) in [6, 6.07) is 0. The van der Waals surface area contributed by atoms with Gasteiger partial charge in [-0.3, -0.25) is 4.99 Å². The van der Waals surface area contributed by atoms with Crippen molar-refractivity contribution in [2.24, 2.45) is 22.4 Å². The average Bonchev–Trinajstić information content (AvgIpc) is 2.83. The first-order valence-electron chi connectivity index (χ1n) is 12.7. The lowest BCUT2D eigenvalue weighted by molar-refractivity contribution is 0.213. The molecule has 32 heavy (non-hydrogen) atoms. The monoisotopic (exact) mass is 449 g/mol. The number of nitrogens with zero attached hydrogens (tertiary/aromatic N) is 2. The molecule has 1 aliphatic rings. The lowest BCUT2D eigenvalue weighted by Gasteiger charge is -2.23. The molecule has 1 unspecified atom stereocenters. The van der Waals surface area contributed by atoms with Crippen LogP contribution in [-0.4, -0.2) is 57.1 Å². The van der Waals surface area contributed by atoms with Crippen LogP contribution in [0.3, 0.4) is 0 Å². The number of nitrogens with two attached hydrogens (primary N) is 2. The number of ether oxygens (including phenoxy) is 1. The van der Waals surface area contributed by atoms with Crippen molar-refractivity contribution >= 4 is 5.84 Å². The Morgan fingerprint density at radius 3 is 2.56 bits per heavy atom. The summed E-state index contributed by atoms with van der Waals surface area (Å²) in [6.45, 7) is 12.0. The molecule has 0 heterocycles. The SMILES string of the molecule is CCCCC1C=CC(OCCCCCCNCCN(CC)C(/C=C/N)=NCC)=CC1.CN. The summed E-state index contributed by atoms with van der Waals surface area (Å²) in [5.74, 6) is 2.76. The minimum atomic E-state index is 0.719. The maximum absolute atomic E-state index is 5.91. The second-order valence-electron chi connectivity index (χ2n) is 7.89. The highest BCUT2D eigenvalue weighted by atomic mass is 16.5. The van der Waals surface area contributed by atoms with Crippen LogP contribution in [0, 0.1) is 5.92 Å². The van der Waals surface area contributed by atoms with Gasteiger partial charge < -0.3 is 26.4 Å². The first-order valence-corrected chi connectivity index (χ1v) is 12.7. The van der Waals surface area contributed by atoms with Gasteiger partial charge in [0.15, 0.2) is 0 Å². The van der Waals surface area contributed by atoms with E-state index in [1.165, 1.54) is 45.6 Å². The minimum absolute atomic E-state index is 0.719. The van der Waals surface area contributed by atoms with Crippen molar-refractivity contribution in [1.29, 1.82) is 0 Å². The Bertz CT molecular complexity index is 542. The standard InChI is InChI=1S/C25H46N4O.CH5N/c1-4-7-12-23-13-15-24(16-14-23)30-22-11-9-8-10-19-27-20-21-29(6-3)25(17-18-26)28-5-2;1-2/h13,15-18,23,27H,4-12,14,19-22,26H2,1-3H3;2H2,1H3/b18-17+,28-25?;. The third kappa shape index (κ3) is 15.1. The predicted octanol–water partition coefficient (Wildman–Crippen LogP) is 4.59. The van der Waals surface area contributed by atoms with Gasteiger partial charge in [0.2, 0.25) is 0 Å². The first-order chi connectivity index (χ1) is 15.7. The molecule has 0 aromatic rings. The minimum Gasteiger partial charge on any atom is -0.494 e. The highest BCUT2D eigenvalue weighted by molar-refractivity contribution is 5.92. The zero-order chi connectivity index (χ0) is 23.9. The van der Waals surface area contributed by atoms with E-state index >= 15 is 0 Å². The zero-order valence-electron chi connectivity index (χ0n) is 21.3. The number of hydrogen-bond acceptors (Lipinski definition) is 5. The second-order valence-corrected chi connectivity index (χ2v) is 7.89. The molecule has 0 saturated heterocycles. The molecule has 0 radical (unpaired) electrons. The van der Waals surface area contributed by atoms with Gasteiger partial charge in [-0.2, -0.15) is 0 Å². The molecule has 186 valence electrons. The van der Waals surface area contributed by atoms with E-state index in [-0.39, 0.29) is 0 Å². The van der Waals surface area contributed by atoms with Crippen molar-refractivity contribution in [3.63, 3.8) is 0 Å². The number of hydrogen-bond donors (Lipinski definition) is 3. The van der Waals surface area contributed by atoms with Gasteiger partial charge in [0, 0.05) is 26.2 Å². The van der Waals surface area contributed by atoms with Crippen LogP contribution in [0.5, 0.6) is 0 Å². The highest BCUT2D eigenvalue weighted by Crippen LogP contribution is 2.22. The molecule has 0 aromatic heterocycles. The topological polar surface area (TPSA) is 88.9 Å². The summed E-state index contributed by atoms with van der Waals surface area (Å²) in [4.78, 5) is 6.78. The normalized spacial score (nSPS) is 16.0. The third-order valence-corrected chi connectivity index (χ3v) is 5.43. The van der Waals surface area contributed by atoms with Gasteiger partial charge in [-0.1, -0.05) is 38.7 Å². The molecule has 0 bridgehead atoms. The number of rotatable bonds is 17. The average molecular weight is 450 g/mol. The molecular weight excluding hydrogens is 398 g/mol. The van der Waals surface area contributed by atoms with E-state index in [9.17, 15) is 0 Å². The van der Waals surface area contributed by atoms with Gasteiger partial charge in [0.25, 0.3) is 0 Å². The van der Waals surface area contributed by atoms with E-state index in [0.717, 1.165) is 69.7 Å². The number of nitrogens with one attached hydrogen (secondary N) is 1. The zero-order valence-corrected chi connectivity index (χ0v) is 21.3. The molecule has 5 N–H and O–H groups in total. The van der Waals surface area contributed by atoms with Crippen LogP contribution in [0.15, 0.2) is 41.3 Å². The summed E-state index contributed by atoms with van der Waals surface area (Å²) in [5.41, 5.74) is 10.0. The van der Waals surface area contributed by atoms with E-state index in [0.29, 0.717) is 0 Å². The van der Waals surface area contributed by atoms with Gasteiger partial charge >= 0.3 is 0 Å². The van der Waals surface area contributed by atoms with E-state index < -0.39 is 0 Å². The van der Waals surface area contributed by atoms with Gasteiger partial charge in [0.05, 0.1) is 6.61 Å². The van der Waals surface area contributed by atoms with Crippen LogP contribution in [0.25, 0.3) is 0 Å². The second kappa shape index (κ2) is 22.4. The van der Waals surface area contributed by atoms with Crippen LogP contribution in [0.1, 0.15) is 72.1 Å². The number of allylic oxidation sites excluding steroid dienone is 3. The van der Waals surface area contributed by atoms with E-state index in [2.05, 4.69) is 53.0 Å². The van der Waals surface area contributed by atoms with Crippen LogP contribution >= 0.6 is 0 Å². The lowest BCUT2D eigenvalue weighted by Crippen LogP contribution is -2.36. The Kier molecular flexibility index (Phi) is 21.2. The number of amidine groups is 1. The fourth-order valence-electron chi connectivity index (χ4n) is 3.61. The summed E-state index contributed by atoms with van der Waals surface area (Å²) in [6.07, 6.45) is 20.1. The molecule has 1 rings (SSSR count). The van der Waals surface area contributed by atoms with Gasteiger partial charge in [-0.25, -0.2) is 0 Å². The Labute approximate surface area is 198 Å². The van der Waals surface area contributed by atoms with Crippen LogP contribution < -0.4 is 16.8 Å². The number of aliphatic imine (C=N–C) groups is 1. The predicted molar refractivity (Wildman–Crippen MR) is 141 cm³/mol. The van der Waals surface area contributed by atoms with E-state index in [4.69, 9.17) is 10.5 Å². The number of likely N-dealkylation sites (N-methyl/N-ethyl adjacent to an activating group) is 1. The molecule has 1 atom stereocenters. The Morgan fingerprint density at radius 1 is 1.16 bits per heavy atom. The Hall–Kier alpha value is -1.79. The lowest BCUT2D eigenvalue weighted by atomic mass is 9.94. The van der Waals surface area contributed by atoms with Gasteiger partial charge in [-0.15, -0.1) is 0 Å². The molecule has 6 nitrogen and oxygen atoms in total. The van der Waals surface area contributed by atoms with Crippen molar-refractivity contribution in [2.75, 3.05) is 46.4 Å². The highest BCUT2D eigenvalue weighted by Gasteiger charge is 2.09. The molecule has 0 amide bonds. The van der Waals surface area contributed by atoms with Crippen LogP contribution in [0.2, 0.25) is 0 Å². The Balaban J connectivity index is 0.00000466. The quantitative estimate of drug-likeness (QED) is 0.172. The summed E-state index contributed by atoms with van der Waals surface area (Å²) >= 11 is 0. The molecule has 0 saturated carbocycles. The van der Waals surface area contributed by atoms with E-state index in [1.807, 2.05) is 13.0 Å². The molecule has 0 spiro atoms. The van der Waals surface area contributed by atoms with Gasteiger partial charge in [-0.05, 0) is 83.5 Å². The molecular formula is C26H51N5O. The smallest absolute Gasteiger partial charge is 0.124 e. The molecule has 0 fully saturated rings. The molecule has 6 heteroatoms. The summed E-state index contributed by atoms with van der Waals surface area (Å²) in [7, 11) is 1.50. The van der Waals surface area contributed by atoms with Crippen LogP contribution in [-0.2, 0) is 4.74 Å². The first kappa shape index (κ1) is 30.2. The van der Waals surface area contributed by atoms with Crippen molar-refractivity contribution < 1.29 is 4.74 Å². The summed E-state index contributed by atoms with van der Waals surface area (Å²) < 4.78 is 5.91. The van der Waals surface area contributed by atoms with Crippen molar-refractivity contribution in [2.45, 2.75) is 72.1 Å². The largest absolute Gasteiger partial charge is 0.494 e. The van der Waals surface area contributed by atoms with Gasteiger partial charge in [0.1, 0.15) is 11.6 Å². The third-order valence-electron chi connectivity index (χ3n) is 5.43. The number of unbranched alkanes of at least 4 members (excludes halogenated alkanes) is 4. The summed E-state index contributed by atoms with van der Waals surface area (Å²) in [5, 5.41) is 3.55. The molecule has 0 aromatic carbocycles. The van der Waals surface area contributed by atoms with Crippen molar-refractivity contribution in [3.8, 4) is 0 Å².